The standard InChI is InChI=1S/C10H14N4OS/c11-8(15)2-1-4-13-9-6-7(10(12)16)3-5-14-9/h3,5-6H,1-2,4H2,(H2,11,15)(H2,12,16)(H,13,14). The maximum absolute atomic E-state index is 10.5. The van der Waals surface area contributed by atoms with E-state index < -0.39 is 0 Å². The van der Waals surface area contributed by atoms with Crippen molar-refractivity contribution in [3.8, 4) is 0 Å². The molecule has 1 aromatic heterocycles. The summed E-state index contributed by atoms with van der Waals surface area (Å²) >= 11 is 4.85. The lowest BCUT2D eigenvalue weighted by molar-refractivity contribution is -0.118. The highest BCUT2D eigenvalue weighted by molar-refractivity contribution is 7.80. The first-order valence-electron chi connectivity index (χ1n) is 4.87. The fraction of sp³-hybridized carbons (Fsp3) is 0.300. The number of hydrogen-bond donors (Lipinski definition) is 3. The Morgan fingerprint density at radius 2 is 2.25 bits per heavy atom. The molecule has 0 saturated carbocycles. The minimum absolute atomic E-state index is 0.299. The molecular weight excluding hydrogens is 224 g/mol. The third kappa shape index (κ3) is 4.22. The van der Waals surface area contributed by atoms with E-state index in [9.17, 15) is 4.79 Å². The number of hydrogen-bond acceptors (Lipinski definition) is 4. The van der Waals surface area contributed by atoms with E-state index in [4.69, 9.17) is 23.7 Å². The molecule has 0 aliphatic carbocycles. The van der Waals surface area contributed by atoms with Crippen molar-refractivity contribution in [2.24, 2.45) is 11.5 Å². The first-order chi connectivity index (χ1) is 7.59. The number of nitrogens with zero attached hydrogens (tertiary/aromatic N) is 1. The molecule has 0 radical (unpaired) electrons. The molecule has 0 bridgehead atoms. The SMILES string of the molecule is NC(=O)CCCNc1cc(C(N)=S)ccn1. The third-order valence-electron chi connectivity index (χ3n) is 1.95. The highest BCUT2D eigenvalue weighted by atomic mass is 32.1. The van der Waals surface area contributed by atoms with Gasteiger partial charge in [0.1, 0.15) is 10.8 Å². The molecule has 1 aromatic rings. The fourth-order valence-corrected chi connectivity index (χ4v) is 1.29. The molecule has 5 nitrogen and oxygen atoms in total. The summed E-state index contributed by atoms with van der Waals surface area (Å²) in [6.07, 6.45) is 2.67. The molecule has 1 rings (SSSR count). The van der Waals surface area contributed by atoms with Gasteiger partial charge >= 0.3 is 0 Å². The summed E-state index contributed by atoms with van der Waals surface area (Å²) in [6, 6.07) is 3.52. The van der Waals surface area contributed by atoms with Gasteiger partial charge in [-0.1, -0.05) is 12.2 Å². The molecule has 0 aliphatic heterocycles. The van der Waals surface area contributed by atoms with Crippen LogP contribution in [-0.2, 0) is 4.79 Å². The van der Waals surface area contributed by atoms with Gasteiger partial charge in [-0.15, -0.1) is 0 Å². The van der Waals surface area contributed by atoms with Crippen LogP contribution in [0.25, 0.3) is 0 Å². The predicted molar refractivity (Wildman–Crippen MR) is 67.0 cm³/mol. The predicted octanol–water partition coefficient (Wildman–Crippen LogP) is 0.393. The van der Waals surface area contributed by atoms with Crippen LogP contribution in [0.1, 0.15) is 18.4 Å². The van der Waals surface area contributed by atoms with Gasteiger partial charge in [0.25, 0.3) is 0 Å². The minimum Gasteiger partial charge on any atom is -0.389 e. The lowest BCUT2D eigenvalue weighted by atomic mass is 10.2. The Kier molecular flexibility index (Phi) is 4.65. The van der Waals surface area contributed by atoms with E-state index in [1.807, 2.05) is 0 Å². The normalized spacial score (nSPS) is 9.75. The molecule has 0 aromatic carbocycles. The van der Waals surface area contributed by atoms with E-state index in [-0.39, 0.29) is 5.91 Å². The molecule has 0 unspecified atom stereocenters. The molecule has 0 atom stereocenters. The van der Waals surface area contributed by atoms with Crippen molar-refractivity contribution in [1.82, 2.24) is 4.98 Å². The molecule has 5 N–H and O–H groups in total. The Morgan fingerprint density at radius 1 is 1.50 bits per heavy atom. The van der Waals surface area contributed by atoms with Gasteiger partial charge in [0.05, 0.1) is 0 Å². The van der Waals surface area contributed by atoms with Crippen LogP contribution in [0.5, 0.6) is 0 Å². The summed E-state index contributed by atoms with van der Waals surface area (Å²) in [7, 11) is 0. The lowest BCUT2D eigenvalue weighted by Crippen LogP contribution is -2.13. The van der Waals surface area contributed by atoms with Gasteiger partial charge < -0.3 is 16.8 Å². The summed E-state index contributed by atoms with van der Waals surface area (Å²) in [6.45, 7) is 0.636. The third-order valence-corrected chi connectivity index (χ3v) is 2.19. The van der Waals surface area contributed by atoms with Crippen LogP contribution in [0.4, 0.5) is 5.82 Å². The Hall–Kier alpha value is -1.69. The van der Waals surface area contributed by atoms with E-state index >= 15 is 0 Å². The zero-order valence-electron chi connectivity index (χ0n) is 8.77. The smallest absolute Gasteiger partial charge is 0.217 e. The number of primary amides is 1. The van der Waals surface area contributed by atoms with Crippen molar-refractivity contribution in [1.29, 1.82) is 0 Å². The van der Waals surface area contributed by atoms with E-state index in [0.29, 0.717) is 30.2 Å². The van der Waals surface area contributed by atoms with Crippen molar-refractivity contribution in [2.45, 2.75) is 12.8 Å². The van der Waals surface area contributed by atoms with Gasteiger partial charge in [-0.2, -0.15) is 0 Å². The van der Waals surface area contributed by atoms with Crippen LogP contribution in [0.2, 0.25) is 0 Å². The lowest BCUT2D eigenvalue weighted by Gasteiger charge is -2.05. The van der Waals surface area contributed by atoms with Crippen molar-refractivity contribution in [2.75, 3.05) is 11.9 Å². The highest BCUT2D eigenvalue weighted by Crippen LogP contribution is 2.06. The number of aromatic nitrogens is 1. The molecule has 0 aliphatic rings. The minimum atomic E-state index is -0.299. The zero-order chi connectivity index (χ0) is 12.0. The van der Waals surface area contributed by atoms with Gasteiger partial charge in [0, 0.05) is 24.7 Å². The van der Waals surface area contributed by atoms with E-state index in [2.05, 4.69) is 10.3 Å². The summed E-state index contributed by atoms with van der Waals surface area (Å²) < 4.78 is 0. The highest BCUT2D eigenvalue weighted by Gasteiger charge is 1.99. The van der Waals surface area contributed by atoms with Crippen LogP contribution in [0, 0.1) is 0 Å². The Bertz CT molecular complexity index is 394. The molecule has 86 valence electrons. The number of anilines is 1. The van der Waals surface area contributed by atoms with Gasteiger partial charge in [-0.3, -0.25) is 4.79 Å². The summed E-state index contributed by atoms with van der Waals surface area (Å²) in [5.41, 5.74) is 11.3. The number of carbonyl (C=O) groups excluding carboxylic acids is 1. The first-order valence-corrected chi connectivity index (χ1v) is 5.28. The maximum atomic E-state index is 10.5. The fourth-order valence-electron chi connectivity index (χ4n) is 1.16. The Balaban J connectivity index is 2.45. The van der Waals surface area contributed by atoms with E-state index in [0.717, 1.165) is 5.56 Å². The second-order valence-corrected chi connectivity index (χ2v) is 3.73. The van der Waals surface area contributed by atoms with Gasteiger partial charge in [0.2, 0.25) is 5.91 Å². The van der Waals surface area contributed by atoms with E-state index in [1.54, 1.807) is 18.3 Å². The summed E-state index contributed by atoms with van der Waals surface area (Å²) in [5, 5.41) is 3.06. The van der Waals surface area contributed by atoms with Crippen LogP contribution in [-0.4, -0.2) is 22.4 Å². The second-order valence-electron chi connectivity index (χ2n) is 3.29. The van der Waals surface area contributed by atoms with Crippen LogP contribution >= 0.6 is 12.2 Å². The Labute approximate surface area is 99.2 Å². The average Bonchev–Trinajstić information content (AvgIpc) is 2.24. The molecule has 0 saturated heterocycles. The van der Waals surface area contributed by atoms with E-state index in [1.165, 1.54) is 0 Å². The number of pyridine rings is 1. The monoisotopic (exact) mass is 238 g/mol. The molecule has 6 heteroatoms. The maximum Gasteiger partial charge on any atom is 0.217 e. The molecule has 0 spiro atoms. The number of thiocarbonyl (C=S) groups is 1. The van der Waals surface area contributed by atoms with Gasteiger partial charge in [0.15, 0.2) is 0 Å². The van der Waals surface area contributed by atoms with Crippen molar-refractivity contribution in [3.63, 3.8) is 0 Å². The van der Waals surface area contributed by atoms with Gasteiger partial charge in [-0.05, 0) is 18.6 Å². The molecular formula is C10H14N4OS. The molecule has 16 heavy (non-hydrogen) atoms. The van der Waals surface area contributed by atoms with Crippen LogP contribution in [0.3, 0.4) is 0 Å². The summed E-state index contributed by atoms with van der Waals surface area (Å²) in [5.74, 6) is 0.390. The zero-order valence-corrected chi connectivity index (χ0v) is 9.59. The number of amides is 1. The van der Waals surface area contributed by atoms with Crippen molar-refractivity contribution in [3.05, 3.63) is 23.9 Å². The quantitative estimate of drug-likeness (QED) is 0.492. The van der Waals surface area contributed by atoms with Crippen molar-refractivity contribution >= 4 is 28.9 Å². The number of rotatable bonds is 6. The van der Waals surface area contributed by atoms with Crippen molar-refractivity contribution < 1.29 is 4.79 Å². The number of nitrogens with one attached hydrogen (secondary N) is 1. The second kappa shape index (κ2) is 6.02. The van der Waals surface area contributed by atoms with Gasteiger partial charge in [-0.25, -0.2) is 4.98 Å². The van der Waals surface area contributed by atoms with Crippen LogP contribution < -0.4 is 16.8 Å². The summed E-state index contributed by atoms with van der Waals surface area (Å²) in [4.78, 5) is 14.9. The molecule has 1 heterocycles. The molecule has 0 fully saturated rings. The number of nitrogens with two attached hydrogens (primary N) is 2. The molecule has 1 amide bonds. The largest absolute Gasteiger partial charge is 0.389 e. The first kappa shape index (κ1) is 12.4. The topological polar surface area (TPSA) is 94.0 Å². The Morgan fingerprint density at radius 3 is 2.88 bits per heavy atom. The van der Waals surface area contributed by atoms with Crippen LogP contribution in [0.15, 0.2) is 18.3 Å². The number of carbonyl (C=O) groups is 1. The average molecular weight is 238 g/mol.